The lowest BCUT2D eigenvalue weighted by Gasteiger charge is -2.41. The molecule has 1 saturated heterocycles. The number of halogens is 4. The zero-order valence-corrected chi connectivity index (χ0v) is 18.8. The van der Waals surface area contributed by atoms with Gasteiger partial charge < -0.3 is 9.84 Å². The van der Waals surface area contributed by atoms with Crippen LogP contribution < -0.4 is 4.74 Å². The number of aliphatic hydroxyl groups is 1. The van der Waals surface area contributed by atoms with Gasteiger partial charge in [0.15, 0.2) is 15.4 Å². The molecule has 0 amide bonds. The summed E-state index contributed by atoms with van der Waals surface area (Å²) in [5.41, 5.74) is -4.17. The zero-order valence-electron chi connectivity index (χ0n) is 18.0. The Morgan fingerprint density at radius 2 is 1.67 bits per heavy atom. The summed E-state index contributed by atoms with van der Waals surface area (Å²) >= 11 is 0. The highest BCUT2D eigenvalue weighted by atomic mass is 32.2. The number of hydrogen-bond acceptors (Lipinski definition) is 5. The highest BCUT2D eigenvalue weighted by Gasteiger charge is 2.57. The normalized spacial score (nSPS) is 19.4. The minimum absolute atomic E-state index is 0.0789. The topological polar surface area (TPSA) is 66.8 Å². The average molecular weight is 458 g/mol. The van der Waals surface area contributed by atoms with Crippen molar-refractivity contribution in [2.24, 2.45) is 0 Å². The van der Waals surface area contributed by atoms with Gasteiger partial charge >= 0.3 is 6.18 Å². The predicted octanol–water partition coefficient (Wildman–Crippen LogP) is 3.55. The molecule has 2 rings (SSSR count). The molecule has 0 saturated carbocycles. The van der Waals surface area contributed by atoms with Gasteiger partial charge in [-0.05, 0) is 30.0 Å². The first-order valence-corrected chi connectivity index (χ1v) is 11.6. The molecule has 1 atom stereocenters. The Hall–Kier alpha value is -1.39. The van der Waals surface area contributed by atoms with Crippen LogP contribution in [-0.2, 0) is 15.3 Å². The summed E-state index contributed by atoms with van der Waals surface area (Å²) in [6.45, 7) is 6.03. The molecule has 0 radical (unpaired) electrons. The van der Waals surface area contributed by atoms with Crippen molar-refractivity contribution in [2.45, 2.75) is 51.3 Å². The first kappa shape index (κ1) is 26.6. The van der Waals surface area contributed by atoms with E-state index in [2.05, 4.69) is 0 Å². The summed E-state index contributed by atoms with van der Waals surface area (Å²) in [7, 11) is -1.93. The first-order chi connectivity index (χ1) is 13.7. The van der Waals surface area contributed by atoms with Crippen LogP contribution in [0, 0.1) is 5.82 Å². The molecule has 1 fully saturated rings. The standard InChI is InChI=1S/C18H25F4NO4S.C2H6/c1-16(2,14-10-13(19)4-5-15(14)27-3)11-17(24,18(20,21)22)12-23-6-8-28(25,26)9-7-23;1-2/h4-5,10,24H,6-9,11-12H2,1-3H3;1-2H3. The number of β-amino-alcohol motifs (C(OH)–C–C–N with tert-alkyl or cyclic N) is 1. The Bertz CT molecular complexity index is 798. The molecule has 1 heterocycles. The molecule has 0 spiro atoms. The second-order valence-electron chi connectivity index (χ2n) is 7.86. The second-order valence-corrected chi connectivity index (χ2v) is 10.2. The van der Waals surface area contributed by atoms with Crippen molar-refractivity contribution in [1.82, 2.24) is 4.90 Å². The van der Waals surface area contributed by atoms with E-state index in [9.17, 15) is 31.1 Å². The lowest BCUT2D eigenvalue weighted by Crippen LogP contribution is -2.58. The summed E-state index contributed by atoms with van der Waals surface area (Å²) < 4.78 is 83.4. The lowest BCUT2D eigenvalue weighted by molar-refractivity contribution is -0.271. The van der Waals surface area contributed by atoms with Gasteiger partial charge in [0.1, 0.15) is 11.6 Å². The third-order valence-electron chi connectivity index (χ3n) is 5.07. The van der Waals surface area contributed by atoms with Gasteiger partial charge in [-0.1, -0.05) is 27.7 Å². The van der Waals surface area contributed by atoms with E-state index in [-0.39, 0.29) is 35.9 Å². The smallest absolute Gasteiger partial charge is 0.418 e. The van der Waals surface area contributed by atoms with Crippen LogP contribution in [0.1, 0.15) is 39.7 Å². The van der Waals surface area contributed by atoms with Gasteiger partial charge in [0, 0.05) is 25.2 Å². The van der Waals surface area contributed by atoms with Crippen LogP contribution in [0.25, 0.3) is 0 Å². The molecule has 1 aliphatic heterocycles. The first-order valence-electron chi connectivity index (χ1n) is 9.75. The Morgan fingerprint density at radius 1 is 1.13 bits per heavy atom. The number of alkyl halides is 3. The molecule has 1 aliphatic rings. The van der Waals surface area contributed by atoms with Gasteiger partial charge in [-0.3, -0.25) is 4.90 Å². The van der Waals surface area contributed by atoms with Crippen molar-refractivity contribution in [3.63, 3.8) is 0 Å². The number of methoxy groups -OCH3 is 1. The van der Waals surface area contributed by atoms with Crippen molar-refractivity contribution in [3.8, 4) is 5.75 Å². The maximum atomic E-state index is 13.8. The molecule has 174 valence electrons. The van der Waals surface area contributed by atoms with E-state index in [0.717, 1.165) is 12.1 Å². The van der Waals surface area contributed by atoms with Crippen LogP contribution >= 0.6 is 0 Å². The molecule has 30 heavy (non-hydrogen) atoms. The van der Waals surface area contributed by atoms with Gasteiger partial charge in [0.05, 0.1) is 18.6 Å². The maximum Gasteiger partial charge on any atom is 0.418 e. The van der Waals surface area contributed by atoms with Gasteiger partial charge in [0.25, 0.3) is 0 Å². The number of nitrogens with zero attached hydrogens (tertiary/aromatic N) is 1. The van der Waals surface area contributed by atoms with Crippen LogP contribution in [-0.4, -0.2) is 68.5 Å². The van der Waals surface area contributed by atoms with E-state index < -0.39 is 45.8 Å². The van der Waals surface area contributed by atoms with Gasteiger partial charge in [-0.25, -0.2) is 12.8 Å². The molecule has 0 bridgehead atoms. The Labute approximate surface area is 175 Å². The third-order valence-corrected chi connectivity index (χ3v) is 6.68. The Morgan fingerprint density at radius 3 is 2.13 bits per heavy atom. The molecule has 1 unspecified atom stereocenters. The number of benzene rings is 1. The number of ether oxygens (including phenoxy) is 1. The molecular formula is C20H31F4NO4S. The minimum atomic E-state index is -4.96. The van der Waals surface area contributed by atoms with Crippen molar-refractivity contribution in [3.05, 3.63) is 29.6 Å². The molecule has 5 nitrogen and oxygen atoms in total. The van der Waals surface area contributed by atoms with E-state index in [1.807, 2.05) is 13.8 Å². The fraction of sp³-hybridized carbons (Fsp3) is 0.700. The molecule has 1 aromatic rings. The maximum absolute atomic E-state index is 13.8. The average Bonchev–Trinajstić information content (AvgIpc) is 2.64. The Balaban J connectivity index is 0.00000218. The molecule has 0 aromatic heterocycles. The van der Waals surface area contributed by atoms with E-state index in [1.54, 1.807) is 0 Å². The molecule has 1 N–H and O–H groups in total. The number of hydrogen-bond donors (Lipinski definition) is 1. The van der Waals surface area contributed by atoms with Crippen LogP contribution in [0.3, 0.4) is 0 Å². The summed E-state index contributed by atoms with van der Waals surface area (Å²) in [5.74, 6) is -0.898. The summed E-state index contributed by atoms with van der Waals surface area (Å²) in [4.78, 5) is 1.30. The quantitative estimate of drug-likeness (QED) is 0.662. The van der Waals surface area contributed by atoms with Crippen molar-refractivity contribution in [1.29, 1.82) is 0 Å². The highest BCUT2D eigenvalue weighted by molar-refractivity contribution is 7.91. The van der Waals surface area contributed by atoms with Crippen LogP contribution in [0.15, 0.2) is 18.2 Å². The van der Waals surface area contributed by atoms with Gasteiger partial charge in [-0.15, -0.1) is 0 Å². The number of rotatable bonds is 6. The number of sulfone groups is 1. The summed E-state index contributed by atoms with van der Waals surface area (Å²) in [6.07, 6.45) is -5.70. The third kappa shape index (κ3) is 6.55. The summed E-state index contributed by atoms with van der Waals surface area (Å²) in [5, 5.41) is 10.6. The fourth-order valence-corrected chi connectivity index (χ4v) is 4.84. The van der Waals surface area contributed by atoms with Crippen LogP contribution in [0.2, 0.25) is 0 Å². The molecule has 10 heteroatoms. The van der Waals surface area contributed by atoms with E-state index in [0.29, 0.717) is 0 Å². The van der Waals surface area contributed by atoms with Crippen molar-refractivity contribution < 1.29 is 35.8 Å². The van der Waals surface area contributed by atoms with Crippen molar-refractivity contribution in [2.75, 3.05) is 38.2 Å². The van der Waals surface area contributed by atoms with Gasteiger partial charge in [-0.2, -0.15) is 13.2 Å². The van der Waals surface area contributed by atoms with E-state index >= 15 is 0 Å². The Kier molecular flexibility index (Phi) is 8.73. The summed E-state index contributed by atoms with van der Waals surface area (Å²) in [6, 6.07) is 3.57. The predicted molar refractivity (Wildman–Crippen MR) is 108 cm³/mol. The zero-order chi connectivity index (χ0) is 23.4. The fourth-order valence-electron chi connectivity index (χ4n) is 3.56. The largest absolute Gasteiger partial charge is 0.496 e. The highest BCUT2D eigenvalue weighted by Crippen LogP contribution is 2.44. The van der Waals surface area contributed by atoms with Crippen LogP contribution in [0.4, 0.5) is 17.6 Å². The second kappa shape index (κ2) is 9.82. The van der Waals surface area contributed by atoms with Crippen LogP contribution in [0.5, 0.6) is 5.75 Å². The molecule has 0 aliphatic carbocycles. The van der Waals surface area contributed by atoms with E-state index in [4.69, 9.17) is 4.74 Å². The lowest BCUT2D eigenvalue weighted by atomic mass is 9.74. The van der Waals surface area contributed by atoms with Crippen molar-refractivity contribution >= 4 is 9.84 Å². The molecular weight excluding hydrogens is 426 g/mol. The van der Waals surface area contributed by atoms with Gasteiger partial charge in [0.2, 0.25) is 0 Å². The SMILES string of the molecule is CC.COc1ccc(F)cc1C(C)(C)CC(O)(CN1CCS(=O)(=O)CC1)C(F)(F)F. The molecule has 1 aromatic carbocycles. The minimum Gasteiger partial charge on any atom is -0.496 e. The monoisotopic (exact) mass is 457 g/mol. The van der Waals surface area contributed by atoms with E-state index in [1.165, 1.54) is 31.9 Å².